The molecule has 1 aliphatic heterocycles. The number of pyridine rings is 1. The smallest absolute Gasteiger partial charge is 0.200 e. The van der Waals surface area contributed by atoms with Gasteiger partial charge in [0.2, 0.25) is 0 Å². The molecule has 1 saturated heterocycles. The number of piperidine rings is 1. The van der Waals surface area contributed by atoms with Crippen molar-refractivity contribution in [3.05, 3.63) is 47.0 Å². The molecule has 4 heterocycles. The van der Waals surface area contributed by atoms with E-state index in [0.29, 0.717) is 10.8 Å². The minimum Gasteiger partial charge on any atom is -0.384 e. The minimum atomic E-state index is 0.0383. The fraction of sp³-hybridized carbons (Fsp3) is 0.375. The van der Waals surface area contributed by atoms with E-state index in [4.69, 9.17) is 0 Å². The van der Waals surface area contributed by atoms with Crippen LogP contribution < -0.4 is 10.7 Å². The van der Waals surface area contributed by atoms with Crippen molar-refractivity contribution in [1.29, 1.82) is 0 Å². The average Bonchev–Trinajstić information content (AvgIpc) is 3.45. The van der Waals surface area contributed by atoms with E-state index < -0.39 is 0 Å². The van der Waals surface area contributed by atoms with E-state index in [-0.39, 0.29) is 5.43 Å². The summed E-state index contributed by atoms with van der Waals surface area (Å²) in [5.74, 6) is 0. The van der Waals surface area contributed by atoms with Crippen LogP contribution in [0.1, 0.15) is 32.1 Å². The summed E-state index contributed by atoms with van der Waals surface area (Å²) in [6.07, 6.45) is 9.86. The van der Waals surface area contributed by atoms with Crippen molar-refractivity contribution in [3.8, 4) is 0 Å². The Morgan fingerprint density at radius 2 is 1.94 bits per heavy atom. The van der Waals surface area contributed by atoms with Gasteiger partial charge in [0.15, 0.2) is 5.43 Å². The third-order valence-electron chi connectivity index (χ3n) is 6.69. The maximum atomic E-state index is 13.7. The number of aromatic nitrogens is 4. The second-order valence-corrected chi connectivity index (χ2v) is 8.63. The highest BCUT2D eigenvalue weighted by Gasteiger charge is 2.18. The molecule has 0 amide bonds. The SMILES string of the molecule is O=c1c2c(NCCCCN3CCCCC3)ccc3ncn(c4ccc5[nH]ncc5c14)c32. The van der Waals surface area contributed by atoms with Crippen molar-refractivity contribution < 1.29 is 0 Å². The van der Waals surface area contributed by atoms with Gasteiger partial charge in [0.25, 0.3) is 0 Å². The molecule has 31 heavy (non-hydrogen) atoms. The van der Waals surface area contributed by atoms with Gasteiger partial charge in [-0.15, -0.1) is 0 Å². The zero-order valence-corrected chi connectivity index (χ0v) is 17.5. The van der Waals surface area contributed by atoms with E-state index in [0.717, 1.165) is 46.1 Å². The summed E-state index contributed by atoms with van der Waals surface area (Å²) in [4.78, 5) is 20.8. The first-order chi connectivity index (χ1) is 15.3. The van der Waals surface area contributed by atoms with Gasteiger partial charge in [0.05, 0.1) is 39.0 Å². The molecule has 0 atom stereocenters. The van der Waals surface area contributed by atoms with Crippen molar-refractivity contribution in [3.63, 3.8) is 0 Å². The highest BCUT2D eigenvalue weighted by atomic mass is 16.1. The Morgan fingerprint density at radius 3 is 2.84 bits per heavy atom. The summed E-state index contributed by atoms with van der Waals surface area (Å²) in [5, 5.41) is 12.9. The van der Waals surface area contributed by atoms with Gasteiger partial charge in [-0.05, 0) is 69.6 Å². The summed E-state index contributed by atoms with van der Waals surface area (Å²) < 4.78 is 2.04. The first kappa shape index (κ1) is 18.6. The summed E-state index contributed by atoms with van der Waals surface area (Å²) in [5.41, 5.74) is 4.40. The molecule has 2 aromatic carbocycles. The molecule has 1 fully saturated rings. The number of hydrogen-bond donors (Lipinski definition) is 2. The van der Waals surface area contributed by atoms with E-state index >= 15 is 0 Å². The van der Waals surface area contributed by atoms with Crippen LogP contribution in [-0.2, 0) is 0 Å². The van der Waals surface area contributed by atoms with Crippen LogP contribution in [-0.4, -0.2) is 50.7 Å². The zero-order valence-electron chi connectivity index (χ0n) is 17.5. The molecule has 0 aliphatic carbocycles. The van der Waals surface area contributed by atoms with Crippen LogP contribution in [0.15, 0.2) is 41.6 Å². The lowest BCUT2D eigenvalue weighted by Crippen LogP contribution is -2.30. The van der Waals surface area contributed by atoms with E-state index in [2.05, 4.69) is 25.4 Å². The average molecular weight is 415 g/mol. The third-order valence-corrected chi connectivity index (χ3v) is 6.69. The molecule has 3 aromatic heterocycles. The number of unbranched alkanes of at least 4 members (excludes halogenated alkanes) is 1. The number of nitrogens with one attached hydrogen (secondary N) is 2. The Bertz CT molecular complexity index is 1430. The third kappa shape index (κ3) is 3.03. The van der Waals surface area contributed by atoms with Gasteiger partial charge in [-0.25, -0.2) is 4.98 Å². The molecule has 0 spiro atoms. The van der Waals surface area contributed by atoms with Crippen molar-refractivity contribution in [2.24, 2.45) is 0 Å². The molecule has 0 saturated carbocycles. The summed E-state index contributed by atoms with van der Waals surface area (Å²) >= 11 is 0. The molecule has 5 aromatic rings. The van der Waals surface area contributed by atoms with Gasteiger partial charge >= 0.3 is 0 Å². The fourth-order valence-corrected chi connectivity index (χ4v) is 5.10. The number of hydrogen-bond acceptors (Lipinski definition) is 5. The minimum absolute atomic E-state index is 0.0383. The Morgan fingerprint density at radius 1 is 1.03 bits per heavy atom. The standard InChI is InChI=1S/C24H26N6O/c31-24-21-16-14-27-28-17(16)8-9-20(21)30-15-26-19-7-6-18(22(24)23(19)30)25-10-2-5-13-29-11-3-1-4-12-29/h6-9,14-15,25H,1-5,10-13H2,(H,27,28). The molecule has 158 valence electrons. The number of benzene rings is 2. The number of imidazole rings is 1. The Kier molecular flexibility index (Phi) is 4.49. The van der Waals surface area contributed by atoms with Crippen molar-refractivity contribution in [2.45, 2.75) is 32.1 Å². The number of likely N-dealkylation sites (tertiary alicyclic amines) is 1. The molecular formula is C24H26N6O. The first-order valence-corrected chi connectivity index (χ1v) is 11.3. The molecule has 6 rings (SSSR count). The molecule has 7 heteroatoms. The maximum absolute atomic E-state index is 13.7. The molecule has 2 N–H and O–H groups in total. The topological polar surface area (TPSA) is 78.3 Å². The highest BCUT2D eigenvalue weighted by molar-refractivity contribution is 6.13. The van der Waals surface area contributed by atoms with Gasteiger partial charge in [-0.1, -0.05) is 6.42 Å². The highest BCUT2D eigenvalue weighted by Crippen LogP contribution is 2.30. The van der Waals surface area contributed by atoms with Crippen LogP contribution >= 0.6 is 0 Å². The predicted octanol–water partition coefficient (Wildman–Crippen LogP) is 3.99. The van der Waals surface area contributed by atoms with Crippen LogP contribution in [0.2, 0.25) is 0 Å². The first-order valence-electron chi connectivity index (χ1n) is 11.3. The molecule has 0 unspecified atom stereocenters. The van der Waals surface area contributed by atoms with Crippen LogP contribution in [0.25, 0.3) is 38.2 Å². The van der Waals surface area contributed by atoms with Crippen LogP contribution in [0.3, 0.4) is 0 Å². The molecule has 7 nitrogen and oxygen atoms in total. The Labute approximate surface area is 179 Å². The van der Waals surface area contributed by atoms with Gasteiger partial charge in [0, 0.05) is 17.6 Å². The summed E-state index contributed by atoms with van der Waals surface area (Å²) in [7, 11) is 0. The quantitative estimate of drug-likeness (QED) is 0.324. The summed E-state index contributed by atoms with van der Waals surface area (Å²) in [6.45, 7) is 4.52. The monoisotopic (exact) mass is 414 g/mol. The van der Waals surface area contributed by atoms with Gasteiger partial charge in [0.1, 0.15) is 6.33 Å². The predicted molar refractivity (Wildman–Crippen MR) is 125 cm³/mol. The summed E-state index contributed by atoms with van der Waals surface area (Å²) in [6, 6.07) is 7.94. The van der Waals surface area contributed by atoms with Crippen molar-refractivity contribution >= 4 is 43.9 Å². The lowest BCUT2D eigenvalue weighted by atomic mass is 10.0. The number of anilines is 1. The van der Waals surface area contributed by atoms with Gasteiger partial charge in [-0.3, -0.25) is 14.3 Å². The fourth-order valence-electron chi connectivity index (χ4n) is 5.10. The number of nitrogens with zero attached hydrogens (tertiary/aromatic N) is 4. The number of rotatable bonds is 6. The maximum Gasteiger partial charge on any atom is 0.200 e. The largest absolute Gasteiger partial charge is 0.384 e. The normalized spacial score (nSPS) is 15.6. The number of aromatic amines is 1. The molecule has 0 radical (unpaired) electrons. The number of H-pyrrole nitrogens is 1. The second kappa shape index (κ2) is 7.50. The van der Waals surface area contributed by atoms with Crippen LogP contribution in [0, 0.1) is 0 Å². The van der Waals surface area contributed by atoms with Crippen LogP contribution in [0.4, 0.5) is 5.69 Å². The van der Waals surface area contributed by atoms with Gasteiger partial charge < -0.3 is 10.2 Å². The van der Waals surface area contributed by atoms with Gasteiger partial charge in [-0.2, -0.15) is 5.10 Å². The second-order valence-electron chi connectivity index (χ2n) is 8.63. The van der Waals surface area contributed by atoms with Crippen molar-refractivity contribution in [1.82, 2.24) is 24.5 Å². The van der Waals surface area contributed by atoms with E-state index in [1.165, 1.54) is 45.3 Å². The Balaban J connectivity index is 1.34. The van der Waals surface area contributed by atoms with E-state index in [1.807, 2.05) is 35.0 Å². The van der Waals surface area contributed by atoms with Crippen molar-refractivity contribution in [2.75, 3.05) is 31.5 Å². The molecule has 1 aliphatic rings. The van der Waals surface area contributed by atoms with Crippen LogP contribution in [0.5, 0.6) is 0 Å². The lowest BCUT2D eigenvalue weighted by molar-refractivity contribution is 0.225. The molecule has 0 bridgehead atoms. The lowest BCUT2D eigenvalue weighted by Gasteiger charge is -2.26. The van der Waals surface area contributed by atoms with E-state index in [1.54, 1.807) is 6.20 Å². The Hall–Kier alpha value is -3.19. The number of fused-ring (bicyclic) bond motifs is 4. The molecular weight excluding hydrogens is 388 g/mol. The van der Waals surface area contributed by atoms with E-state index in [9.17, 15) is 4.79 Å². The zero-order chi connectivity index (χ0) is 20.8.